The molecule has 0 aliphatic carbocycles. The zero-order valence-electron chi connectivity index (χ0n) is 2.91. The minimum Gasteiger partial charge on any atom is -0.367 e. The van der Waals surface area contributed by atoms with Crippen LogP contribution in [0.2, 0.25) is 0 Å². The van der Waals surface area contributed by atoms with Crippen molar-refractivity contribution in [2.45, 2.75) is 5.50 Å². The van der Waals surface area contributed by atoms with E-state index >= 15 is 0 Å². The van der Waals surface area contributed by atoms with E-state index in [-0.39, 0.29) is 5.83 Å². The van der Waals surface area contributed by atoms with Crippen LogP contribution in [0.5, 0.6) is 0 Å². The topological polar surface area (TPSA) is 12.0 Å². The van der Waals surface area contributed by atoms with Gasteiger partial charge in [-0.25, -0.2) is 4.39 Å². The van der Waals surface area contributed by atoms with Crippen LogP contribution in [0.3, 0.4) is 0 Å². The first-order valence-electron chi connectivity index (χ1n) is 1.56. The van der Waals surface area contributed by atoms with Crippen LogP contribution in [0.4, 0.5) is 4.39 Å². The smallest absolute Gasteiger partial charge is 0.155 e. The predicted octanol–water partition coefficient (Wildman–Crippen LogP) is 0.965. The minimum absolute atomic E-state index is 0.281. The largest absolute Gasteiger partial charge is 0.367 e. The molecule has 0 aromatic carbocycles. The van der Waals surface area contributed by atoms with Gasteiger partial charge in [-0.1, -0.05) is 11.6 Å². The van der Waals surface area contributed by atoms with Crippen LogP contribution < -0.4 is 5.32 Å². The lowest BCUT2D eigenvalue weighted by Crippen LogP contribution is -2.28. The highest BCUT2D eigenvalue weighted by Gasteiger charge is 2.15. The van der Waals surface area contributed by atoms with Crippen LogP contribution in [0.15, 0.2) is 12.0 Å². The van der Waals surface area contributed by atoms with Crippen LogP contribution in [-0.2, 0) is 0 Å². The van der Waals surface area contributed by atoms with Gasteiger partial charge < -0.3 is 5.32 Å². The number of hydrogen-bond donors (Lipinski definition) is 1. The maximum atomic E-state index is 11.6. The van der Waals surface area contributed by atoms with E-state index in [0.29, 0.717) is 0 Å². The van der Waals surface area contributed by atoms with Gasteiger partial charge in [-0.15, -0.1) is 0 Å². The lowest BCUT2D eigenvalue weighted by Gasteiger charge is -2.14. The van der Waals surface area contributed by atoms with Gasteiger partial charge in [0.15, 0.2) is 11.3 Å². The number of alkyl halides is 1. The Morgan fingerprint density at radius 3 is 2.50 bits per heavy atom. The Labute approximate surface area is 39.8 Å². The SMILES string of the molecule is FC1=CN[C@@H]1Cl. The molecule has 6 heavy (non-hydrogen) atoms. The normalized spacial score (nSPS) is 30.3. The van der Waals surface area contributed by atoms with Crippen LogP contribution in [0.25, 0.3) is 0 Å². The van der Waals surface area contributed by atoms with Crippen LogP contribution >= 0.6 is 11.6 Å². The highest BCUT2D eigenvalue weighted by molar-refractivity contribution is 6.22. The first-order valence-corrected chi connectivity index (χ1v) is 2.00. The second kappa shape index (κ2) is 1.12. The van der Waals surface area contributed by atoms with Crippen molar-refractivity contribution in [2.24, 2.45) is 0 Å². The summed E-state index contributed by atoms with van der Waals surface area (Å²) in [6, 6.07) is 0. The Hall–Kier alpha value is -0.240. The highest BCUT2D eigenvalue weighted by atomic mass is 35.5. The molecule has 34 valence electrons. The summed E-state index contributed by atoms with van der Waals surface area (Å²) in [7, 11) is 0. The Kier molecular flexibility index (Phi) is 0.733. The van der Waals surface area contributed by atoms with E-state index in [1.165, 1.54) is 6.20 Å². The predicted molar refractivity (Wildman–Crippen MR) is 22.0 cm³/mol. The summed E-state index contributed by atoms with van der Waals surface area (Å²) >= 11 is 5.15. The molecule has 1 heterocycles. The third-order valence-corrected chi connectivity index (χ3v) is 0.944. The Morgan fingerprint density at radius 2 is 2.50 bits per heavy atom. The molecule has 1 aliphatic rings. The van der Waals surface area contributed by atoms with Crippen molar-refractivity contribution in [2.75, 3.05) is 0 Å². The molecule has 0 bridgehead atoms. The van der Waals surface area contributed by atoms with E-state index in [2.05, 4.69) is 5.32 Å². The molecule has 0 fully saturated rings. The molecule has 1 atom stereocenters. The fraction of sp³-hybridized carbons (Fsp3) is 0.333. The molecule has 0 aromatic rings. The fourth-order valence-corrected chi connectivity index (χ4v) is 0.335. The molecule has 1 nitrogen and oxygen atoms in total. The summed E-state index contributed by atoms with van der Waals surface area (Å²) < 4.78 is 11.6. The van der Waals surface area contributed by atoms with Gasteiger partial charge in [0.05, 0.1) is 0 Å². The second-order valence-corrected chi connectivity index (χ2v) is 1.49. The number of rotatable bonds is 0. The molecule has 0 unspecified atom stereocenters. The lowest BCUT2D eigenvalue weighted by atomic mass is 10.4. The van der Waals surface area contributed by atoms with Crippen LogP contribution in [0, 0.1) is 0 Å². The monoisotopic (exact) mass is 107 g/mol. The van der Waals surface area contributed by atoms with Gasteiger partial charge in [0, 0.05) is 6.20 Å². The van der Waals surface area contributed by atoms with Crippen molar-refractivity contribution in [3.63, 3.8) is 0 Å². The Bertz CT molecular complexity index is 90.8. The summed E-state index contributed by atoms with van der Waals surface area (Å²) in [6.07, 6.45) is 1.23. The number of halogens is 2. The summed E-state index contributed by atoms with van der Waals surface area (Å²) in [4.78, 5) is 0. The molecule has 3 heteroatoms. The zero-order chi connectivity index (χ0) is 4.57. The number of hydrogen-bond acceptors (Lipinski definition) is 1. The van der Waals surface area contributed by atoms with E-state index < -0.39 is 5.50 Å². The Morgan fingerprint density at radius 1 is 2.00 bits per heavy atom. The van der Waals surface area contributed by atoms with Crippen molar-refractivity contribution in [3.8, 4) is 0 Å². The number of nitrogens with one attached hydrogen (secondary N) is 1. The van der Waals surface area contributed by atoms with Gasteiger partial charge in [0.1, 0.15) is 0 Å². The highest BCUT2D eigenvalue weighted by Crippen LogP contribution is 2.14. The van der Waals surface area contributed by atoms with Crippen molar-refractivity contribution in [3.05, 3.63) is 12.0 Å². The first kappa shape index (κ1) is 3.93. The maximum absolute atomic E-state index is 11.6. The average molecular weight is 108 g/mol. The molecular weight excluding hydrogens is 104 g/mol. The van der Waals surface area contributed by atoms with E-state index in [4.69, 9.17) is 11.6 Å². The second-order valence-electron chi connectivity index (χ2n) is 1.06. The third kappa shape index (κ3) is 0.373. The maximum Gasteiger partial charge on any atom is 0.155 e. The van der Waals surface area contributed by atoms with Crippen LogP contribution in [-0.4, -0.2) is 5.50 Å². The molecular formula is C3H3ClFN. The van der Waals surface area contributed by atoms with E-state index in [1.807, 2.05) is 0 Å². The molecule has 0 saturated carbocycles. The minimum atomic E-state index is -0.551. The average Bonchev–Trinajstić information content (AvgIpc) is 1.61. The van der Waals surface area contributed by atoms with Gasteiger partial charge in [-0.3, -0.25) is 0 Å². The molecule has 1 N–H and O–H groups in total. The van der Waals surface area contributed by atoms with Gasteiger partial charge in [0.2, 0.25) is 0 Å². The molecule has 0 spiro atoms. The standard InChI is InChI=1S/C3H3ClFN/c4-3-2(5)1-6-3/h1,3,6H/t3-/m0/s1. The van der Waals surface area contributed by atoms with Crippen molar-refractivity contribution >= 4 is 11.6 Å². The van der Waals surface area contributed by atoms with E-state index in [1.54, 1.807) is 0 Å². The van der Waals surface area contributed by atoms with Crippen molar-refractivity contribution in [1.29, 1.82) is 0 Å². The quantitative estimate of drug-likeness (QED) is 0.359. The summed E-state index contributed by atoms with van der Waals surface area (Å²) in [5, 5.41) is 2.49. The van der Waals surface area contributed by atoms with Gasteiger partial charge in [-0.05, 0) is 0 Å². The molecule has 0 saturated heterocycles. The molecule has 0 amide bonds. The van der Waals surface area contributed by atoms with Gasteiger partial charge in [-0.2, -0.15) is 0 Å². The summed E-state index contributed by atoms with van der Waals surface area (Å²) in [5.41, 5.74) is -0.551. The summed E-state index contributed by atoms with van der Waals surface area (Å²) in [5.74, 6) is -0.281. The first-order chi connectivity index (χ1) is 2.80. The molecule has 0 radical (unpaired) electrons. The van der Waals surface area contributed by atoms with Crippen molar-refractivity contribution < 1.29 is 4.39 Å². The molecule has 1 aliphatic heterocycles. The summed E-state index contributed by atoms with van der Waals surface area (Å²) in [6.45, 7) is 0. The lowest BCUT2D eigenvalue weighted by molar-refractivity contribution is 0.518. The third-order valence-electron chi connectivity index (χ3n) is 0.610. The van der Waals surface area contributed by atoms with E-state index in [0.717, 1.165) is 0 Å². The fourth-order valence-electron chi connectivity index (χ4n) is 0.209. The van der Waals surface area contributed by atoms with Crippen molar-refractivity contribution in [1.82, 2.24) is 5.32 Å². The zero-order valence-corrected chi connectivity index (χ0v) is 3.67. The van der Waals surface area contributed by atoms with E-state index in [9.17, 15) is 4.39 Å². The van der Waals surface area contributed by atoms with Crippen LogP contribution in [0.1, 0.15) is 0 Å². The van der Waals surface area contributed by atoms with Gasteiger partial charge in [0.25, 0.3) is 0 Å². The molecule has 0 aromatic heterocycles. The molecule has 1 rings (SSSR count). The Balaban J connectivity index is 2.51. The van der Waals surface area contributed by atoms with Gasteiger partial charge >= 0.3 is 0 Å².